The summed E-state index contributed by atoms with van der Waals surface area (Å²) in [5, 5.41) is 1.20. The summed E-state index contributed by atoms with van der Waals surface area (Å²) >= 11 is 0. The van der Waals surface area contributed by atoms with Gasteiger partial charge in [0.05, 0.1) is 25.3 Å². The van der Waals surface area contributed by atoms with Crippen molar-refractivity contribution in [3.8, 4) is 5.75 Å². The minimum atomic E-state index is -3.28. The van der Waals surface area contributed by atoms with Gasteiger partial charge < -0.3 is 9.64 Å². The number of ether oxygens (including phenoxy) is 1. The Bertz CT molecular complexity index is 961. The molecule has 1 atom stereocenters. The summed E-state index contributed by atoms with van der Waals surface area (Å²) in [5.74, 6) is 0.869. The number of anilines is 1. The highest BCUT2D eigenvalue weighted by atomic mass is 32.2. The molecule has 5 nitrogen and oxygen atoms in total. The van der Waals surface area contributed by atoms with Crippen molar-refractivity contribution in [3.63, 3.8) is 0 Å². The maximum absolute atomic E-state index is 13.2. The van der Waals surface area contributed by atoms with Crippen molar-refractivity contribution in [2.75, 3.05) is 17.8 Å². The van der Waals surface area contributed by atoms with E-state index in [0.29, 0.717) is 11.6 Å². The molecule has 0 bridgehead atoms. The Kier molecular flexibility index (Phi) is 5.89. The van der Waals surface area contributed by atoms with E-state index >= 15 is 0 Å². The van der Waals surface area contributed by atoms with Crippen LogP contribution in [0.4, 0.5) is 5.69 Å². The Labute approximate surface area is 166 Å². The predicted molar refractivity (Wildman–Crippen MR) is 111 cm³/mol. The lowest BCUT2D eigenvalue weighted by molar-refractivity contribution is -0.118. The van der Waals surface area contributed by atoms with Crippen molar-refractivity contribution in [1.82, 2.24) is 0 Å². The number of nitrogens with zero attached hydrogens (tertiary/aromatic N) is 1. The fourth-order valence-electron chi connectivity index (χ4n) is 3.26. The van der Waals surface area contributed by atoms with Crippen LogP contribution in [0.2, 0.25) is 0 Å². The van der Waals surface area contributed by atoms with E-state index in [0.717, 1.165) is 11.3 Å². The Hall–Kier alpha value is -2.60. The zero-order chi connectivity index (χ0) is 20.3. The average molecular weight is 400 g/mol. The van der Waals surface area contributed by atoms with Gasteiger partial charge in [-0.1, -0.05) is 38.1 Å². The number of carbonyl (C=O) groups excluding carboxylic acids is 1. The van der Waals surface area contributed by atoms with Crippen molar-refractivity contribution in [1.29, 1.82) is 0 Å². The van der Waals surface area contributed by atoms with Crippen molar-refractivity contribution >= 4 is 21.4 Å². The van der Waals surface area contributed by atoms with Crippen LogP contribution in [0.5, 0.6) is 5.75 Å². The van der Waals surface area contributed by atoms with E-state index in [9.17, 15) is 13.2 Å². The first-order valence-corrected chi connectivity index (χ1v) is 11.0. The molecule has 2 aromatic rings. The van der Waals surface area contributed by atoms with Gasteiger partial charge in [0.2, 0.25) is 5.91 Å². The molecule has 6 heteroatoms. The molecule has 0 N–H and O–H groups in total. The van der Waals surface area contributed by atoms with Crippen LogP contribution in [0, 0.1) is 0 Å². The largest absolute Gasteiger partial charge is 0.497 e. The van der Waals surface area contributed by atoms with E-state index in [2.05, 4.69) is 13.8 Å². The molecule has 0 saturated heterocycles. The maximum atomic E-state index is 13.2. The lowest BCUT2D eigenvalue weighted by Gasteiger charge is -2.28. The monoisotopic (exact) mass is 399 g/mol. The molecule has 1 aliphatic heterocycles. The summed E-state index contributed by atoms with van der Waals surface area (Å²) in [6.45, 7) is 4.21. The third kappa shape index (κ3) is 4.62. The van der Waals surface area contributed by atoms with E-state index in [1.165, 1.54) is 11.0 Å². The van der Waals surface area contributed by atoms with Gasteiger partial charge in [-0.25, -0.2) is 8.42 Å². The normalized spacial score (nSPS) is 17.6. The number of carbonyl (C=O) groups is 1. The van der Waals surface area contributed by atoms with Crippen LogP contribution in [-0.2, 0) is 21.1 Å². The summed E-state index contributed by atoms with van der Waals surface area (Å²) in [7, 11) is -1.68. The molecule has 0 spiro atoms. The Morgan fingerprint density at radius 3 is 2.25 bits per heavy atom. The summed E-state index contributed by atoms with van der Waals surface area (Å²) in [6.07, 6.45) is 1.78. The first-order chi connectivity index (χ1) is 13.3. The molecule has 0 aliphatic carbocycles. The van der Waals surface area contributed by atoms with Crippen molar-refractivity contribution in [2.24, 2.45) is 0 Å². The molecule has 0 fully saturated rings. The summed E-state index contributed by atoms with van der Waals surface area (Å²) in [4.78, 5) is 14.7. The van der Waals surface area contributed by atoms with E-state index in [-0.39, 0.29) is 18.1 Å². The SMILES string of the molecule is COc1ccc(CC(=O)N(c2ccc(C(C)C)cc2)C2C=CS(=O)(=O)C2)cc1. The number of sulfone groups is 1. The molecular formula is C22H25NO4S. The second-order valence-corrected chi connectivity index (χ2v) is 9.19. The van der Waals surface area contributed by atoms with Crippen molar-refractivity contribution in [2.45, 2.75) is 32.2 Å². The van der Waals surface area contributed by atoms with Gasteiger partial charge in [-0.05, 0) is 47.4 Å². The second kappa shape index (κ2) is 8.19. The third-order valence-corrected chi connectivity index (χ3v) is 6.24. The van der Waals surface area contributed by atoms with Crippen LogP contribution in [-0.4, -0.2) is 33.2 Å². The van der Waals surface area contributed by atoms with Gasteiger partial charge in [0.15, 0.2) is 9.84 Å². The number of rotatable bonds is 6. The van der Waals surface area contributed by atoms with Gasteiger partial charge in [0.1, 0.15) is 5.75 Å². The number of hydrogen-bond acceptors (Lipinski definition) is 4. The van der Waals surface area contributed by atoms with Crippen LogP contribution >= 0.6 is 0 Å². The standard InChI is InChI=1S/C22H25NO4S/c1-16(2)18-6-8-19(9-7-18)23(20-12-13-28(25,26)15-20)22(24)14-17-4-10-21(27-3)11-5-17/h4-13,16,20H,14-15H2,1-3H3. The Morgan fingerprint density at radius 1 is 1.11 bits per heavy atom. The Morgan fingerprint density at radius 2 is 1.75 bits per heavy atom. The minimum Gasteiger partial charge on any atom is -0.497 e. The van der Waals surface area contributed by atoms with E-state index in [1.54, 1.807) is 18.1 Å². The quantitative estimate of drug-likeness (QED) is 0.743. The fraction of sp³-hybridized carbons (Fsp3) is 0.318. The molecule has 148 valence electrons. The number of hydrogen-bond donors (Lipinski definition) is 0. The first-order valence-electron chi connectivity index (χ1n) is 9.25. The molecular weight excluding hydrogens is 374 g/mol. The van der Waals surface area contributed by atoms with Crippen molar-refractivity contribution in [3.05, 3.63) is 71.1 Å². The van der Waals surface area contributed by atoms with Gasteiger partial charge in [-0.3, -0.25) is 4.79 Å². The van der Waals surface area contributed by atoms with E-state index in [1.807, 2.05) is 48.5 Å². The summed E-state index contributed by atoms with van der Waals surface area (Å²) < 4.78 is 29.0. The molecule has 0 aromatic heterocycles. The highest BCUT2D eigenvalue weighted by Gasteiger charge is 2.31. The van der Waals surface area contributed by atoms with Gasteiger partial charge in [0, 0.05) is 11.1 Å². The maximum Gasteiger partial charge on any atom is 0.231 e. The van der Waals surface area contributed by atoms with Crippen LogP contribution in [0.25, 0.3) is 0 Å². The Balaban J connectivity index is 1.88. The van der Waals surface area contributed by atoms with Crippen molar-refractivity contribution < 1.29 is 17.9 Å². The molecule has 1 aliphatic rings. The van der Waals surface area contributed by atoms with Gasteiger partial charge in [-0.2, -0.15) is 0 Å². The molecule has 1 heterocycles. The van der Waals surface area contributed by atoms with E-state index < -0.39 is 15.9 Å². The zero-order valence-corrected chi connectivity index (χ0v) is 17.1. The number of methoxy groups -OCH3 is 1. The zero-order valence-electron chi connectivity index (χ0n) is 16.3. The van der Waals surface area contributed by atoms with Crippen LogP contribution in [0.1, 0.15) is 30.9 Å². The van der Waals surface area contributed by atoms with Crippen LogP contribution in [0.15, 0.2) is 60.0 Å². The van der Waals surface area contributed by atoms with Crippen LogP contribution in [0.3, 0.4) is 0 Å². The lowest BCUT2D eigenvalue weighted by atomic mass is 10.0. The third-order valence-electron chi connectivity index (χ3n) is 4.86. The highest BCUT2D eigenvalue weighted by molar-refractivity contribution is 7.94. The smallest absolute Gasteiger partial charge is 0.231 e. The molecule has 1 unspecified atom stereocenters. The molecule has 0 radical (unpaired) electrons. The lowest BCUT2D eigenvalue weighted by Crippen LogP contribution is -2.42. The fourth-order valence-corrected chi connectivity index (χ4v) is 4.53. The van der Waals surface area contributed by atoms with Gasteiger partial charge >= 0.3 is 0 Å². The first kappa shape index (κ1) is 20.1. The van der Waals surface area contributed by atoms with Gasteiger partial charge in [-0.15, -0.1) is 0 Å². The number of amides is 1. The van der Waals surface area contributed by atoms with E-state index in [4.69, 9.17) is 4.74 Å². The molecule has 2 aromatic carbocycles. The van der Waals surface area contributed by atoms with Crippen LogP contribution < -0.4 is 9.64 Å². The molecule has 28 heavy (non-hydrogen) atoms. The molecule has 1 amide bonds. The molecule has 0 saturated carbocycles. The predicted octanol–water partition coefficient (Wildman–Crippen LogP) is 3.71. The molecule has 3 rings (SSSR count). The minimum absolute atomic E-state index is 0.0900. The summed E-state index contributed by atoms with van der Waals surface area (Å²) in [6, 6.07) is 14.6. The van der Waals surface area contributed by atoms with Gasteiger partial charge in [0.25, 0.3) is 0 Å². The topological polar surface area (TPSA) is 63.7 Å². The second-order valence-electron chi connectivity index (χ2n) is 7.26. The average Bonchev–Trinajstić information content (AvgIpc) is 3.02. The number of benzene rings is 2. The summed E-state index contributed by atoms with van der Waals surface area (Å²) in [5.41, 5.74) is 2.72. The highest BCUT2D eigenvalue weighted by Crippen LogP contribution is 2.26.